The molecule has 1 aromatic heterocycles. The summed E-state index contributed by atoms with van der Waals surface area (Å²) in [6.07, 6.45) is 1.34. The van der Waals surface area contributed by atoms with Crippen LogP contribution in [-0.4, -0.2) is 15.3 Å². The van der Waals surface area contributed by atoms with Crippen molar-refractivity contribution >= 4 is 39.9 Å². The van der Waals surface area contributed by atoms with E-state index in [9.17, 15) is 9.59 Å². The van der Waals surface area contributed by atoms with Gasteiger partial charge >= 0.3 is 0 Å². The van der Waals surface area contributed by atoms with Crippen molar-refractivity contribution in [3.05, 3.63) is 74.8 Å². The van der Waals surface area contributed by atoms with Gasteiger partial charge in [-0.05, 0) is 19.1 Å². The highest BCUT2D eigenvalue weighted by molar-refractivity contribution is 6.38. The number of carbonyl (C=O) groups excluding carboxylic acids is 1. The highest BCUT2D eigenvalue weighted by atomic mass is 35.5. The van der Waals surface area contributed by atoms with Crippen molar-refractivity contribution in [1.29, 1.82) is 0 Å². The number of hydrogen-bond acceptors (Lipinski definition) is 3. The predicted molar refractivity (Wildman–Crippen MR) is 91.5 cm³/mol. The van der Waals surface area contributed by atoms with Gasteiger partial charge in [-0.1, -0.05) is 53.5 Å². The topological polar surface area (TPSA) is 52.0 Å². The zero-order chi connectivity index (χ0) is 16.6. The summed E-state index contributed by atoms with van der Waals surface area (Å²) in [6.45, 7) is 1.66. The van der Waals surface area contributed by atoms with Crippen molar-refractivity contribution in [2.24, 2.45) is 0 Å². The normalized spacial score (nSPS) is 12.3. The largest absolute Gasteiger partial charge is 0.292 e. The minimum Gasteiger partial charge on any atom is -0.292 e. The molecule has 1 atom stereocenters. The maximum Gasteiger partial charge on any atom is 0.261 e. The minimum atomic E-state index is -0.681. The Morgan fingerprint density at radius 3 is 2.57 bits per heavy atom. The molecule has 0 N–H and O–H groups in total. The third kappa shape index (κ3) is 2.87. The Labute approximate surface area is 142 Å². The first-order valence-corrected chi connectivity index (χ1v) is 7.70. The molecule has 0 aliphatic heterocycles. The molecule has 2 aromatic carbocycles. The summed E-state index contributed by atoms with van der Waals surface area (Å²) >= 11 is 12.0. The number of aromatic nitrogens is 2. The van der Waals surface area contributed by atoms with Crippen LogP contribution in [0.1, 0.15) is 23.3 Å². The first-order valence-electron chi connectivity index (χ1n) is 6.94. The lowest BCUT2D eigenvalue weighted by atomic mass is 10.1. The van der Waals surface area contributed by atoms with Gasteiger partial charge in [-0.2, -0.15) is 0 Å². The van der Waals surface area contributed by atoms with E-state index < -0.39 is 6.04 Å². The summed E-state index contributed by atoms with van der Waals surface area (Å²) < 4.78 is 1.30. The van der Waals surface area contributed by atoms with Gasteiger partial charge in [0.15, 0.2) is 5.78 Å². The van der Waals surface area contributed by atoms with E-state index in [2.05, 4.69) is 4.98 Å². The second-order valence-corrected chi connectivity index (χ2v) is 5.99. The monoisotopic (exact) mass is 346 g/mol. The molecule has 0 fully saturated rings. The fourth-order valence-corrected chi connectivity index (χ4v) is 2.96. The van der Waals surface area contributed by atoms with Gasteiger partial charge in [-0.25, -0.2) is 4.98 Å². The Bertz CT molecular complexity index is 952. The second kappa shape index (κ2) is 6.14. The zero-order valence-electron chi connectivity index (χ0n) is 12.2. The number of rotatable bonds is 3. The van der Waals surface area contributed by atoms with Crippen LogP contribution in [0.4, 0.5) is 0 Å². The van der Waals surface area contributed by atoms with Crippen LogP contribution in [0.25, 0.3) is 10.9 Å². The van der Waals surface area contributed by atoms with Gasteiger partial charge < -0.3 is 0 Å². The summed E-state index contributed by atoms with van der Waals surface area (Å²) in [4.78, 5) is 29.4. The molecule has 6 heteroatoms. The number of fused-ring (bicyclic) bond motifs is 1. The van der Waals surface area contributed by atoms with Gasteiger partial charge in [-0.3, -0.25) is 14.2 Å². The molecule has 116 valence electrons. The van der Waals surface area contributed by atoms with Crippen molar-refractivity contribution in [3.63, 3.8) is 0 Å². The molecule has 0 bridgehead atoms. The fourth-order valence-electron chi connectivity index (χ4n) is 2.42. The van der Waals surface area contributed by atoms with E-state index in [1.807, 2.05) is 6.07 Å². The fraction of sp³-hybridized carbons (Fsp3) is 0.118. The molecule has 3 aromatic rings. The summed E-state index contributed by atoms with van der Waals surface area (Å²) in [5.74, 6) is -0.165. The van der Waals surface area contributed by atoms with Gasteiger partial charge in [0, 0.05) is 10.6 Å². The Morgan fingerprint density at radius 1 is 1.17 bits per heavy atom. The summed E-state index contributed by atoms with van der Waals surface area (Å²) in [6, 6.07) is 11.2. The molecule has 0 aliphatic carbocycles. The van der Waals surface area contributed by atoms with Crippen LogP contribution in [-0.2, 0) is 0 Å². The molecule has 1 heterocycles. The van der Waals surface area contributed by atoms with E-state index in [0.717, 1.165) is 0 Å². The van der Waals surface area contributed by atoms with Gasteiger partial charge in [-0.15, -0.1) is 0 Å². The number of benzene rings is 2. The highest BCUT2D eigenvalue weighted by Gasteiger charge is 2.19. The van der Waals surface area contributed by atoms with E-state index in [1.54, 1.807) is 31.2 Å². The van der Waals surface area contributed by atoms with E-state index in [0.29, 0.717) is 21.1 Å². The van der Waals surface area contributed by atoms with Crippen LogP contribution in [0.15, 0.2) is 53.6 Å². The number of hydrogen-bond donors (Lipinski definition) is 0. The molecule has 23 heavy (non-hydrogen) atoms. The molecule has 0 aliphatic rings. The Hall–Kier alpha value is -2.17. The lowest BCUT2D eigenvalue weighted by Gasteiger charge is -2.14. The number of Topliss-reactive ketones (excluding diaryl/α,β-unsaturated/α-hetero) is 1. The molecular formula is C17H12Cl2N2O2. The van der Waals surface area contributed by atoms with Crippen LogP contribution in [0.5, 0.6) is 0 Å². The van der Waals surface area contributed by atoms with Crippen molar-refractivity contribution < 1.29 is 4.79 Å². The summed E-state index contributed by atoms with van der Waals surface area (Å²) in [5, 5.41) is 0.942. The molecule has 3 rings (SSSR count). The molecule has 0 unspecified atom stereocenters. The molecule has 0 amide bonds. The molecule has 0 saturated carbocycles. The summed E-state index contributed by atoms with van der Waals surface area (Å²) in [5.41, 5.74) is 0.559. The first-order chi connectivity index (χ1) is 11.0. The van der Waals surface area contributed by atoms with Crippen molar-refractivity contribution in [2.45, 2.75) is 13.0 Å². The standard InChI is InChI=1S/C17H12Cl2N2O2/c1-10(16(22)11-5-3-2-4-6-11)21-9-20-15-13(17(21)23)7-12(18)8-14(15)19/h2-10H,1H3/t10-/m0/s1. The van der Waals surface area contributed by atoms with Crippen LogP contribution >= 0.6 is 23.2 Å². The average molecular weight is 347 g/mol. The molecule has 4 nitrogen and oxygen atoms in total. The van der Waals surface area contributed by atoms with Gasteiger partial charge in [0.05, 0.1) is 28.3 Å². The van der Waals surface area contributed by atoms with Gasteiger partial charge in [0.2, 0.25) is 0 Å². The third-order valence-electron chi connectivity index (χ3n) is 3.66. The number of ketones is 1. The maximum absolute atomic E-state index is 12.7. The van der Waals surface area contributed by atoms with E-state index in [-0.39, 0.29) is 16.7 Å². The number of carbonyl (C=O) groups is 1. The van der Waals surface area contributed by atoms with Crippen LogP contribution in [0.3, 0.4) is 0 Å². The SMILES string of the molecule is C[C@@H](C(=O)c1ccccc1)n1cnc2c(Cl)cc(Cl)cc2c1=O. The Kier molecular flexibility index (Phi) is 4.20. The smallest absolute Gasteiger partial charge is 0.261 e. The lowest BCUT2D eigenvalue weighted by molar-refractivity contribution is 0.0932. The van der Waals surface area contributed by atoms with E-state index >= 15 is 0 Å². The summed E-state index contributed by atoms with van der Waals surface area (Å²) in [7, 11) is 0. The second-order valence-electron chi connectivity index (χ2n) is 5.15. The quantitative estimate of drug-likeness (QED) is 0.669. The van der Waals surface area contributed by atoms with Crippen molar-refractivity contribution in [2.75, 3.05) is 0 Å². The average Bonchev–Trinajstić information content (AvgIpc) is 2.55. The first kappa shape index (κ1) is 15.7. The number of halogens is 2. The zero-order valence-corrected chi connectivity index (χ0v) is 13.7. The van der Waals surface area contributed by atoms with Crippen LogP contribution in [0, 0.1) is 0 Å². The Morgan fingerprint density at radius 2 is 1.87 bits per heavy atom. The Balaban J connectivity index is 2.12. The van der Waals surface area contributed by atoms with E-state index in [1.165, 1.54) is 23.0 Å². The third-order valence-corrected chi connectivity index (χ3v) is 4.17. The molecule has 0 radical (unpaired) electrons. The molecular weight excluding hydrogens is 335 g/mol. The number of nitrogens with zero attached hydrogens (tertiary/aromatic N) is 2. The minimum absolute atomic E-state index is 0.165. The molecule has 0 spiro atoms. The lowest BCUT2D eigenvalue weighted by Crippen LogP contribution is -2.28. The molecule has 0 saturated heterocycles. The van der Waals surface area contributed by atoms with Gasteiger partial charge in [0.1, 0.15) is 0 Å². The van der Waals surface area contributed by atoms with Crippen LogP contribution < -0.4 is 5.56 Å². The van der Waals surface area contributed by atoms with E-state index in [4.69, 9.17) is 23.2 Å². The highest BCUT2D eigenvalue weighted by Crippen LogP contribution is 2.24. The van der Waals surface area contributed by atoms with Gasteiger partial charge in [0.25, 0.3) is 5.56 Å². The maximum atomic E-state index is 12.7. The van der Waals surface area contributed by atoms with Crippen molar-refractivity contribution in [3.8, 4) is 0 Å². The van der Waals surface area contributed by atoms with Crippen molar-refractivity contribution in [1.82, 2.24) is 9.55 Å². The van der Waals surface area contributed by atoms with Crippen LogP contribution in [0.2, 0.25) is 10.0 Å². The predicted octanol–water partition coefficient (Wildman–Crippen LogP) is 4.15.